The molecule has 1 aromatic carbocycles. The third kappa shape index (κ3) is 3.77. The second kappa shape index (κ2) is 7.31. The zero-order valence-electron chi connectivity index (χ0n) is 13.9. The van der Waals surface area contributed by atoms with Crippen LogP contribution in [-0.4, -0.2) is 22.7 Å². The van der Waals surface area contributed by atoms with Gasteiger partial charge in [0.05, 0.1) is 31.2 Å². The summed E-state index contributed by atoms with van der Waals surface area (Å²) >= 11 is 0. The summed E-state index contributed by atoms with van der Waals surface area (Å²) < 4.78 is 15.8. The van der Waals surface area contributed by atoms with Gasteiger partial charge in [-0.3, -0.25) is 0 Å². The highest BCUT2D eigenvalue weighted by Gasteiger charge is 2.22. The lowest BCUT2D eigenvalue weighted by atomic mass is 10.0. The van der Waals surface area contributed by atoms with Crippen molar-refractivity contribution in [1.82, 2.24) is 9.97 Å². The Morgan fingerprint density at radius 3 is 2.92 bits per heavy atom. The molecule has 2 N–H and O–H groups in total. The third-order valence-corrected chi connectivity index (χ3v) is 3.73. The van der Waals surface area contributed by atoms with Gasteiger partial charge in [-0.25, -0.2) is 14.8 Å². The van der Waals surface area contributed by atoms with Crippen molar-refractivity contribution in [1.29, 1.82) is 0 Å². The van der Waals surface area contributed by atoms with Crippen LogP contribution in [0.15, 0.2) is 30.8 Å². The van der Waals surface area contributed by atoms with Crippen LogP contribution in [0.1, 0.15) is 29.6 Å². The van der Waals surface area contributed by atoms with Gasteiger partial charge >= 0.3 is 6.09 Å². The third-order valence-electron chi connectivity index (χ3n) is 3.73. The van der Waals surface area contributed by atoms with Crippen molar-refractivity contribution < 1.29 is 19.0 Å². The number of nitrogens with zero attached hydrogens (tertiary/aromatic N) is 2. The Morgan fingerprint density at radius 2 is 2.16 bits per heavy atom. The number of rotatable bonds is 6. The fourth-order valence-electron chi connectivity index (χ4n) is 2.62. The Hall–Kier alpha value is -2.93. The summed E-state index contributed by atoms with van der Waals surface area (Å²) in [7, 11) is 0. The highest BCUT2D eigenvalue weighted by Crippen LogP contribution is 2.30. The Morgan fingerprint density at radius 1 is 1.32 bits per heavy atom. The molecule has 0 aliphatic carbocycles. The molecule has 1 aliphatic heterocycles. The molecule has 0 bridgehead atoms. The molecule has 3 rings (SSSR count). The summed E-state index contributed by atoms with van der Waals surface area (Å²) in [6.45, 7) is 7.24. The number of hydrogen-bond acceptors (Lipinski definition) is 6. The van der Waals surface area contributed by atoms with Crippen molar-refractivity contribution in [2.75, 3.05) is 6.61 Å². The Balaban J connectivity index is 2.00. The largest absolute Gasteiger partial charge is 0.491 e. The molecule has 7 heteroatoms. The van der Waals surface area contributed by atoms with E-state index in [4.69, 9.17) is 19.9 Å². The van der Waals surface area contributed by atoms with E-state index >= 15 is 0 Å². The van der Waals surface area contributed by atoms with Gasteiger partial charge in [0.1, 0.15) is 6.61 Å². The van der Waals surface area contributed by atoms with Crippen molar-refractivity contribution in [2.45, 2.75) is 26.7 Å². The van der Waals surface area contributed by atoms with Crippen LogP contribution >= 0.6 is 0 Å². The number of nitrogens with two attached hydrogens (primary N) is 1. The van der Waals surface area contributed by atoms with Gasteiger partial charge in [-0.2, -0.15) is 0 Å². The van der Waals surface area contributed by atoms with E-state index in [0.717, 1.165) is 28.1 Å². The number of carbonyl (C=O) groups excluding carboxylic acids is 1. The summed E-state index contributed by atoms with van der Waals surface area (Å²) in [4.78, 5) is 19.9. The van der Waals surface area contributed by atoms with Gasteiger partial charge in [0.25, 0.3) is 0 Å². The van der Waals surface area contributed by atoms with Crippen molar-refractivity contribution in [3.63, 3.8) is 0 Å². The van der Waals surface area contributed by atoms with Crippen molar-refractivity contribution in [3.05, 3.63) is 53.5 Å². The van der Waals surface area contributed by atoms with E-state index in [1.165, 1.54) is 0 Å². The molecule has 0 unspecified atom stereocenters. The number of carbonyl (C=O) groups is 1. The summed E-state index contributed by atoms with van der Waals surface area (Å²) in [5.74, 6) is 0.867. The zero-order chi connectivity index (χ0) is 17.8. The normalized spacial score (nSPS) is 12.5. The first kappa shape index (κ1) is 16.9. The van der Waals surface area contributed by atoms with E-state index in [1.807, 2.05) is 31.2 Å². The SMILES string of the molecule is C=C(OCC)c1nc2c(c(-c3cccc(COC(N)=O)c3)n1)COC2. The van der Waals surface area contributed by atoms with Crippen LogP contribution in [0.3, 0.4) is 0 Å². The van der Waals surface area contributed by atoms with Crippen LogP contribution < -0.4 is 5.73 Å². The average molecular weight is 341 g/mol. The van der Waals surface area contributed by atoms with Crippen LogP contribution in [0.25, 0.3) is 17.0 Å². The second-order valence-corrected chi connectivity index (χ2v) is 5.48. The smallest absolute Gasteiger partial charge is 0.404 e. The molecule has 130 valence electrons. The van der Waals surface area contributed by atoms with Gasteiger partial charge in [-0.15, -0.1) is 0 Å². The van der Waals surface area contributed by atoms with Crippen LogP contribution in [0, 0.1) is 0 Å². The zero-order valence-corrected chi connectivity index (χ0v) is 13.9. The van der Waals surface area contributed by atoms with E-state index in [-0.39, 0.29) is 6.61 Å². The highest BCUT2D eigenvalue weighted by atomic mass is 16.5. The first-order valence-electron chi connectivity index (χ1n) is 7.89. The molecular formula is C18H19N3O4. The molecule has 0 atom stereocenters. The molecule has 2 heterocycles. The maximum atomic E-state index is 10.8. The van der Waals surface area contributed by atoms with E-state index < -0.39 is 6.09 Å². The summed E-state index contributed by atoms with van der Waals surface area (Å²) in [6.07, 6.45) is -0.808. The Bertz CT molecular complexity index is 820. The summed E-state index contributed by atoms with van der Waals surface area (Å²) in [5.41, 5.74) is 9.25. The van der Waals surface area contributed by atoms with E-state index in [2.05, 4.69) is 16.5 Å². The monoisotopic (exact) mass is 341 g/mol. The molecule has 7 nitrogen and oxygen atoms in total. The summed E-state index contributed by atoms with van der Waals surface area (Å²) in [6, 6.07) is 7.56. The first-order valence-corrected chi connectivity index (χ1v) is 7.89. The second-order valence-electron chi connectivity index (χ2n) is 5.48. The predicted molar refractivity (Wildman–Crippen MR) is 91.0 cm³/mol. The standard InChI is InChI=1S/C18H19N3O4/c1-3-24-11(2)17-20-15-10-23-9-14(15)16(21-17)13-6-4-5-12(7-13)8-25-18(19)22/h4-7H,2-3,8-10H2,1H3,(H2,19,22). The lowest BCUT2D eigenvalue weighted by Crippen LogP contribution is -2.12. The average Bonchev–Trinajstić information content (AvgIpc) is 3.08. The minimum Gasteiger partial charge on any atom is -0.491 e. The number of hydrogen-bond donors (Lipinski definition) is 1. The lowest BCUT2D eigenvalue weighted by Gasteiger charge is -2.12. The Kier molecular flexibility index (Phi) is 4.95. The number of benzene rings is 1. The topological polar surface area (TPSA) is 96.6 Å². The molecule has 2 aromatic rings. The van der Waals surface area contributed by atoms with Crippen molar-refractivity contribution in [3.8, 4) is 11.3 Å². The van der Waals surface area contributed by atoms with Gasteiger partial charge in [0.15, 0.2) is 11.6 Å². The number of aromatic nitrogens is 2. The van der Waals surface area contributed by atoms with Gasteiger partial charge < -0.3 is 19.9 Å². The van der Waals surface area contributed by atoms with Gasteiger partial charge in [-0.05, 0) is 18.6 Å². The number of fused-ring (bicyclic) bond motifs is 1. The van der Waals surface area contributed by atoms with Crippen molar-refractivity contribution in [2.24, 2.45) is 5.73 Å². The quantitative estimate of drug-likeness (QED) is 0.812. The molecule has 0 fully saturated rings. The van der Waals surface area contributed by atoms with Gasteiger partial charge in [-0.1, -0.05) is 24.8 Å². The maximum Gasteiger partial charge on any atom is 0.404 e. The fourth-order valence-corrected chi connectivity index (χ4v) is 2.62. The first-order chi connectivity index (χ1) is 12.1. The maximum absolute atomic E-state index is 10.8. The fraction of sp³-hybridized carbons (Fsp3) is 0.278. The van der Waals surface area contributed by atoms with E-state index in [9.17, 15) is 4.79 Å². The molecule has 1 amide bonds. The highest BCUT2D eigenvalue weighted by molar-refractivity contribution is 5.67. The number of ether oxygens (including phenoxy) is 3. The molecule has 0 saturated heterocycles. The van der Waals surface area contributed by atoms with Crippen LogP contribution in [0.4, 0.5) is 4.79 Å². The molecule has 0 saturated carbocycles. The molecule has 0 spiro atoms. The molecule has 0 radical (unpaired) electrons. The predicted octanol–water partition coefficient (Wildman–Crippen LogP) is 2.78. The van der Waals surface area contributed by atoms with E-state index in [1.54, 1.807) is 0 Å². The minimum atomic E-state index is -0.808. The minimum absolute atomic E-state index is 0.103. The summed E-state index contributed by atoms with van der Waals surface area (Å²) in [5, 5.41) is 0. The number of primary amides is 1. The molecule has 1 aromatic heterocycles. The van der Waals surface area contributed by atoms with Gasteiger partial charge in [0, 0.05) is 11.1 Å². The molecular weight excluding hydrogens is 322 g/mol. The van der Waals surface area contributed by atoms with E-state index in [0.29, 0.717) is 31.4 Å². The van der Waals surface area contributed by atoms with Crippen molar-refractivity contribution >= 4 is 11.9 Å². The van der Waals surface area contributed by atoms with Crippen LogP contribution in [0.5, 0.6) is 0 Å². The molecule has 25 heavy (non-hydrogen) atoms. The molecule has 1 aliphatic rings. The van der Waals surface area contributed by atoms with Gasteiger partial charge in [0.2, 0.25) is 0 Å². The lowest BCUT2D eigenvalue weighted by molar-refractivity contribution is 0.133. The Labute approximate surface area is 145 Å². The van der Waals surface area contributed by atoms with Crippen LogP contribution in [-0.2, 0) is 34.0 Å². The van der Waals surface area contributed by atoms with Crippen LogP contribution in [0.2, 0.25) is 0 Å². The number of amides is 1.